The maximum absolute atomic E-state index is 12.5. The van der Waals surface area contributed by atoms with Crippen LogP contribution in [-0.2, 0) is 12.8 Å². The Bertz CT molecular complexity index is 540. The second-order valence-electron chi connectivity index (χ2n) is 4.95. The predicted octanol–water partition coefficient (Wildman–Crippen LogP) is 3.66. The van der Waals surface area contributed by atoms with Gasteiger partial charge in [0.2, 0.25) is 0 Å². The minimum atomic E-state index is 0.103. The number of furan rings is 1. The number of hydrogen-bond donors (Lipinski definition) is 0. The Morgan fingerprint density at radius 1 is 1.22 bits per heavy atom. The summed E-state index contributed by atoms with van der Waals surface area (Å²) in [6.07, 6.45) is 7.28. The number of rotatable bonds is 2. The average Bonchev–Trinajstić information content (AvgIpc) is 2.85. The van der Waals surface area contributed by atoms with Crippen molar-refractivity contribution in [1.82, 2.24) is 0 Å². The molecule has 1 heterocycles. The zero-order valence-electron chi connectivity index (χ0n) is 10.3. The highest BCUT2D eigenvalue weighted by Crippen LogP contribution is 2.27. The molecule has 2 heteroatoms. The summed E-state index contributed by atoms with van der Waals surface area (Å²) < 4.78 is 5.08. The first-order valence-electron chi connectivity index (χ1n) is 6.48. The van der Waals surface area contributed by atoms with Gasteiger partial charge in [0.15, 0.2) is 5.78 Å². The normalized spacial score (nSPS) is 19.3. The SMILES string of the molecule is O=C1c2ccccc2CCCC1Cc1ccoc1. The lowest BCUT2D eigenvalue weighted by Gasteiger charge is -2.12. The summed E-state index contributed by atoms with van der Waals surface area (Å²) in [6.45, 7) is 0. The van der Waals surface area contributed by atoms with Crippen LogP contribution < -0.4 is 0 Å². The standard InChI is InChI=1S/C16H16O2/c17-16-14(10-12-8-9-18-11-12)6-3-5-13-4-1-2-7-15(13)16/h1-2,4,7-9,11,14H,3,5-6,10H2. The Morgan fingerprint density at radius 3 is 2.94 bits per heavy atom. The van der Waals surface area contributed by atoms with Gasteiger partial charge >= 0.3 is 0 Å². The predicted molar refractivity (Wildman–Crippen MR) is 69.6 cm³/mol. The van der Waals surface area contributed by atoms with E-state index >= 15 is 0 Å². The van der Waals surface area contributed by atoms with Gasteiger partial charge in [-0.1, -0.05) is 24.3 Å². The molecule has 0 radical (unpaired) electrons. The fourth-order valence-electron chi connectivity index (χ4n) is 2.76. The molecule has 18 heavy (non-hydrogen) atoms. The molecule has 92 valence electrons. The maximum Gasteiger partial charge on any atom is 0.166 e. The molecule has 1 aromatic carbocycles. The third-order valence-electron chi connectivity index (χ3n) is 3.71. The van der Waals surface area contributed by atoms with E-state index in [4.69, 9.17) is 4.42 Å². The van der Waals surface area contributed by atoms with Gasteiger partial charge in [-0.25, -0.2) is 0 Å². The fourth-order valence-corrected chi connectivity index (χ4v) is 2.76. The minimum absolute atomic E-state index is 0.103. The van der Waals surface area contributed by atoms with Gasteiger partial charge in [-0.05, 0) is 42.9 Å². The Kier molecular flexibility index (Phi) is 3.01. The van der Waals surface area contributed by atoms with Gasteiger partial charge in [0, 0.05) is 11.5 Å². The monoisotopic (exact) mass is 240 g/mol. The number of Topliss-reactive ketones (excluding diaryl/α,β-unsaturated/α-hetero) is 1. The third kappa shape index (κ3) is 2.10. The second-order valence-corrected chi connectivity index (χ2v) is 4.95. The maximum atomic E-state index is 12.5. The molecule has 2 nitrogen and oxygen atoms in total. The van der Waals surface area contributed by atoms with E-state index < -0.39 is 0 Å². The largest absolute Gasteiger partial charge is 0.472 e. The number of carbonyl (C=O) groups is 1. The molecule has 1 unspecified atom stereocenters. The zero-order chi connectivity index (χ0) is 12.4. The van der Waals surface area contributed by atoms with Crippen molar-refractivity contribution in [2.45, 2.75) is 25.7 Å². The molecule has 0 amide bonds. The molecule has 0 aliphatic heterocycles. The molecule has 1 aromatic heterocycles. The van der Waals surface area contributed by atoms with E-state index in [1.165, 1.54) is 5.56 Å². The van der Waals surface area contributed by atoms with Crippen molar-refractivity contribution in [3.63, 3.8) is 0 Å². The van der Waals surface area contributed by atoms with Gasteiger partial charge in [0.25, 0.3) is 0 Å². The number of benzene rings is 1. The van der Waals surface area contributed by atoms with Gasteiger partial charge in [-0.3, -0.25) is 4.79 Å². The summed E-state index contributed by atoms with van der Waals surface area (Å²) in [5.41, 5.74) is 3.24. The van der Waals surface area contributed by atoms with Gasteiger partial charge in [0.05, 0.1) is 12.5 Å². The van der Waals surface area contributed by atoms with E-state index in [1.54, 1.807) is 12.5 Å². The molecule has 1 aliphatic rings. The van der Waals surface area contributed by atoms with Crippen molar-refractivity contribution in [2.75, 3.05) is 0 Å². The van der Waals surface area contributed by atoms with Crippen LogP contribution in [0.25, 0.3) is 0 Å². The number of ketones is 1. The lowest BCUT2D eigenvalue weighted by Crippen LogP contribution is -2.16. The van der Waals surface area contributed by atoms with Gasteiger partial charge in [0.1, 0.15) is 0 Å². The minimum Gasteiger partial charge on any atom is -0.472 e. The molecular weight excluding hydrogens is 224 g/mol. The smallest absolute Gasteiger partial charge is 0.166 e. The van der Waals surface area contributed by atoms with Crippen LogP contribution in [0.4, 0.5) is 0 Å². The van der Waals surface area contributed by atoms with Gasteiger partial charge in [-0.2, -0.15) is 0 Å². The Morgan fingerprint density at radius 2 is 2.11 bits per heavy atom. The summed E-state index contributed by atoms with van der Waals surface area (Å²) in [6, 6.07) is 9.96. The highest BCUT2D eigenvalue weighted by molar-refractivity contribution is 5.99. The zero-order valence-corrected chi connectivity index (χ0v) is 10.3. The van der Waals surface area contributed by atoms with Crippen molar-refractivity contribution in [3.8, 4) is 0 Å². The molecular formula is C16H16O2. The van der Waals surface area contributed by atoms with E-state index in [2.05, 4.69) is 6.07 Å². The molecule has 2 aromatic rings. The van der Waals surface area contributed by atoms with Crippen molar-refractivity contribution in [1.29, 1.82) is 0 Å². The second kappa shape index (κ2) is 4.81. The fraction of sp³-hybridized carbons (Fsp3) is 0.312. The first-order valence-corrected chi connectivity index (χ1v) is 6.48. The van der Waals surface area contributed by atoms with E-state index in [0.717, 1.165) is 36.8 Å². The van der Waals surface area contributed by atoms with E-state index in [1.807, 2.05) is 24.3 Å². The van der Waals surface area contributed by atoms with Crippen LogP contribution in [-0.4, -0.2) is 5.78 Å². The molecule has 0 bridgehead atoms. The molecule has 0 spiro atoms. The average molecular weight is 240 g/mol. The van der Waals surface area contributed by atoms with Crippen LogP contribution in [0.5, 0.6) is 0 Å². The highest BCUT2D eigenvalue weighted by atomic mass is 16.3. The van der Waals surface area contributed by atoms with Crippen molar-refractivity contribution >= 4 is 5.78 Å². The number of aryl methyl sites for hydroxylation is 1. The van der Waals surface area contributed by atoms with Crippen molar-refractivity contribution in [3.05, 3.63) is 59.5 Å². The van der Waals surface area contributed by atoms with Crippen LogP contribution in [0.3, 0.4) is 0 Å². The molecule has 0 saturated carbocycles. The Hall–Kier alpha value is -1.83. The Labute approximate surface area is 107 Å². The summed E-state index contributed by atoms with van der Waals surface area (Å²) in [7, 11) is 0. The van der Waals surface area contributed by atoms with Gasteiger partial charge < -0.3 is 4.42 Å². The van der Waals surface area contributed by atoms with Gasteiger partial charge in [-0.15, -0.1) is 0 Å². The molecule has 0 N–H and O–H groups in total. The third-order valence-corrected chi connectivity index (χ3v) is 3.71. The first kappa shape index (κ1) is 11.3. The summed E-state index contributed by atoms with van der Waals surface area (Å²) in [5, 5.41) is 0. The van der Waals surface area contributed by atoms with E-state index in [0.29, 0.717) is 5.78 Å². The molecule has 0 saturated heterocycles. The summed E-state index contributed by atoms with van der Waals surface area (Å²) >= 11 is 0. The van der Waals surface area contributed by atoms with Crippen LogP contribution >= 0.6 is 0 Å². The van der Waals surface area contributed by atoms with Crippen molar-refractivity contribution < 1.29 is 9.21 Å². The molecule has 1 aliphatic carbocycles. The van der Waals surface area contributed by atoms with Crippen LogP contribution in [0.2, 0.25) is 0 Å². The quantitative estimate of drug-likeness (QED) is 0.750. The summed E-state index contributed by atoms with van der Waals surface area (Å²) in [5.74, 6) is 0.399. The summed E-state index contributed by atoms with van der Waals surface area (Å²) in [4.78, 5) is 12.5. The highest BCUT2D eigenvalue weighted by Gasteiger charge is 2.25. The lowest BCUT2D eigenvalue weighted by atomic mass is 9.90. The number of hydrogen-bond acceptors (Lipinski definition) is 2. The van der Waals surface area contributed by atoms with E-state index in [9.17, 15) is 4.79 Å². The Balaban J connectivity index is 1.87. The molecule has 1 atom stereocenters. The number of carbonyl (C=O) groups excluding carboxylic acids is 1. The number of fused-ring (bicyclic) bond motifs is 1. The molecule has 0 fully saturated rings. The van der Waals surface area contributed by atoms with Crippen LogP contribution in [0, 0.1) is 5.92 Å². The van der Waals surface area contributed by atoms with Crippen LogP contribution in [0.1, 0.15) is 34.3 Å². The lowest BCUT2D eigenvalue weighted by molar-refractivity contribution is 0.0915. The first-order chi connectivity index (χ1) is 8.84. The topological polar surface area (TPSA) is 30.2 Å². The van der Waals surface area contributed by atoms with Crippen molar-refractivity contribution in [2.24, 2.45) is 5.92 Å². The van der Waals surface area contributed by atoms with Crippen LogP contribution in [0.15, 0.2) is 47.3 Å². The van der Waals surface area contributed by atoms with E-state index in [-0.39, 0.29) is 5.92 Å². The molecule has 3 rings (SSSR count).